The van der Waals surface area contributed by atoms with Gasteiger partial charge < -0.3 is 14.2 Å². The molecule has 0 radical (unpaired) electrons. The lowest BCUT2D eigenvalue weighted by atomic mass is 9.44. The van der Waals surface area contributed by atoms with E-state index in [1.165, 1.54) is 22.0 Å². The summed E-state index contributed by atoms with van der Waals surface area (Å²) in [6.07, 6.45) is 0. The molecule has 0 aliphatic carbocycles. The molecular weight excluding hydrogens is 429 g/mol. The zero-order valence-electron chi connectivity index (χ0n) is 23.8. The number of benzene rings is 2. The molecule has 0 bridgehead atoms. The maximum absolute atomic E-state index is 2.89. The molecule has 0 saturated carbocycles. The fraction of sp³-hybridized carbons (Fsp3) is 0.586. The highest BCUT2D eigenvalue weighted by Gasteiger charge is 2.65. The van der Waals surface area contributed by atoms with Crippen molar-refractivity contribution in [1.82, 2.24) is 9.62 Å². The smallest absolute Gasteiger partial charge is 0.336 e. The van der Waals surface area contributed by atoms with Gasteiger partial charge in [0.25, 0.3) is 0 Å². The van der Waals surface area contributed by atoms with E-state index >= 15 is 0 Å². The van der Waals surface area contributed by atoms with Crippen LogP contribution >= 0.6 is 0 Å². The minimum atomic E-state index is -2.06. The van der Waals surface area contributed by atoms with Gasteiger partial charge in [0, 0.05) is 17.2 Å². The summed E-state index contributed by atoms with van der Waals surface area (Å²) in [5, 5.41) is 1.49. The third kappa shape index (κ3) is 4.76. The molecule has 1 heterocycles. The molecular formula is C29H48BN3Si. The minimum absolute atomic E-state index is 0.0531. The third-order valence-corrected chi connectivity index (χ3v) is 11.3. The molecule has 5 heteroatoms. The van der Waals surface area contributed by atoms with Gasteiger partial charge in [0.15, 0.2) is 8.24 Å². The van der Waals surface area contributed by atoms with Gasteiger partial charge in [-0.3, -0.25) is 0 Å². The molecule has 3 nitrogen and oxygen atoms in total. The van der Waals surface area contributed by atoms with E-state index in [-0.39, 0.29) is 5.54 Å². The van der Waals surface area contributed by atoms with Gasteiger partial charge in [-0.2, -0.15) is 0 Å². The highest BCUT2D eigenvalue weighted by molar-refractivity contribution is 6.93. The normalized spacial score (nSPS) is 18.8. The van der Waals surface area contributed by atoms with Gasteiger partial charge in [0.1, 0.15) is 0 Å². The molecule has 1 atom stereocenters. The Morgan fingerprint density at radius 3 is 1.79 bits per heavy atom. The van der Waals surface area contributed by atoms with Crippen molar-refractivity contribution in [1.29, 1.82) is 0 Å². The highest BCUT2D eigenvalue weighted by Crippen LogP contribution is 2.45. The summed E-state index contributed by atoms with van der Waals surface area (Å²) in [6, 6.07) is 19.9. The Balaban J connectivity index is 2.28. The summed E-state index contributed by atoms with van der Waals surface area (Å²) in [7, 11) is -2.06. The van der Waals surface area contributed by atoms with E-state index in [9.17, 15) is 0 Å². The van der Waals surface area contributed by atoms with Crippen LogP contribution in [0.4, 0.5) is 5.69 Å². The molecule has 1 fully saturated rings. The van der Waals surface area contributed by atoms with Crippen LogP contribution in [0.25, 0.3) is 0 Å². The second-order valence-corrected chi connectivity index (χ2v) is 16.5. The van der Waals surface area contributed by atoms with Crippen LogP contribution in [0.2, 0.25) is 13.1 Å². The second-order valence-electron chi connectivity index (χ2n) is 12.3. The van der Waals surface area contributed by atoms with Crippen molar-refractivity contribution in [2.24, 2.45) is 0 Å². The number of aryl methyl sites for hydroxylation is 2. The fourth-order valence-electron chi connectivity index (χ4n) is 6.77. The average molecular weight is 478 g/mol. The van der Waals surface area contributed by atoms with Crippen LogP contribution in [0.1, 0.15) is 66.5 Å². The van der Waals surface area contributed by atoms with Crippen LogP contribution in [0.5, 0.6) is 0 Å². The predicted molar refractivity (Wildman–Crippen MR) is 155 cm³/mol. The zero-order valence-corrected chi connectivity index (χ0v) is 24.8. The SMILES string of the molecule is Cc1cc(C)cc(N(C2B(N(C(C)C)C(C)C)N(C(C)C)C2(C)C)[Si](C)(C)c2ccccc2)c1. The van der Waals surface area contributed by atoms with E-state index in [0.29, 0.717) is 31.0 Å². The van der Waals surface area contributed by atoms with Crippen LogP contribution in [0.15, 0.2) is 48.5 Å². The summed E-state index contributed by atoms with van der Waals surface area (Å²) < 4.78 is 2.89. The Labute approximate surface area is 211 Å². The summed E-state index contributed by atoms with van der Waals surface area (Å²) in [4.78, 5) is 5.52. The largest absolute Gasteiger partial charge is 0.393 e. The monoisotopic (exact) mass is 477 g/mol. The molecule has 0 spiro atoms. The van der Waals surface area contributed by atoms with Crippen LogP contribution in [-0.2, 0) is 0 Å². The van der Waals surface area contributed by atoms with Crippen molar-refractivity contribution >= 4 is 26.1 Å². The van der Waals surface area contributed by atoms with Crippen molar-refractivity contribution in [3.05, 3.63) is 59.7 Å². The number of hydrogen-bond donors (Lipinski definition) is 0. The lowest BCUT2D eigenvalue weighted by Crippen LogP contribution is -2.90. The van der Waals surface area contributed by atoms with Crippen LogP contribution in [0.3, 0.4) is 0 Å². The van der Waals surface area contributed by atoms with E-state index in [1.54, 1.807) is 0 Å². The first kappa shape index (κ1) is 27.0. The zero-order chi connectivity index (χ0) is 25.6. The van der Waals surface area contributed by atoms with Crippen molar-refractivity contribution in [3.8, 4) is 0 Å². The molecule has 1 unspecified atom stereocenters. The summed E-state index contributed by atoms with van der Waals surface area (Å²) >= 11 is 0. The van der Waals surface area contributed by atoms with Crippen molar-refractivity contribution in [3.63, 3.8) is 0 Å². The molecule has 1 aliphatic rings. The molecule has 34 heavy (non-hydrogen) atoms. The summed E-state index contributed by atoms with van der Waals surface area (Å²) in [5.74, 6) is 0.391. The average Bonchev–Trinajstić information content (AvgIpc) is 2.70. The van der Waals surface area contributed by atoms with Gasteiger partial charge in [-0.1, -0.05) is 77.9 Å². The Morgan fingerprint density at radius 2 is 1.35 bits per heavy atom. The van der Waals surface area contributed by atoms with Crippen molar-refractivity contribution < 1.29 is 0 Å². The van der Waals surface area contributed by atoms with Crippen LogP contribution in [0, 0.1) is 13.8 Å². The fourth-order valence-corrected chi connectivity index (χ4v) is 9.97. The highest BCUT2D eigenvalue weighted by atomic mass is 28.3. The Bertz CT molecular complexity index is 929. The predicted octanol–water partition coefficient (Wildman–Crippen LogP) is 6.24. The van der Waals surface area contributed by atoms with Gasteiger partial charge in [-0.15, -0.1) is 0 Å². The van der Waals surface area contributed by atoms with Crippen molar-refractivity contribution in [2.45, 2.75) is 112 Å². The second kappa shape index (κ2) is 9.83. The molecule has 3 rings (SSSR count). The number of hydrogen-bond acceptors (Lipinski definition) is 3. The number of rotatable bonds is 8. The molecule has 2 aromatic rings. The van der Waals surface area contributed by atoms with Gasteiger partial charge in [0.05, 0.1) is 0 Å². The first-order valence-electron chi connectivity index (χ1n) is 13.2. The standard InChI is InChI=1S/C29H48BN3Si/c1-21(2)31(22(3)4)30-28(29(9,10)33(30)23(5)6)32(26-19-24(7)18-25(8)20-26)34(11,12)27-16-14-13-15-17-27/h13-23,28H,1-12H3. The van der Waals surface area contributed by atoms with Crippen molar-refractivity contribution in [2.75, 3.05) is 4.57 Å². The Kier molecular flexibility index (Phi) is 7.82. The van der Waals surface area contributed by atoms with E-state index in [1.807, 2.05) is 0 Å². The maximum Gasteiger partial charge on any atom is 0.336 e. The van der Waals surface area contributed by atoms with Gasteiger partial charge in [-0.25, -0.2) is 0 Å². The molecule has 0 N–H and O–H groups in total. The molecule has 1 aliphatic heterocycles. The quantitative estimate of drug-likeness (QED) is 0.417. The van der Waals surface area contributed by atoms with Gasteiger partial charge >= 0.3 is 6.98 Å². The summed E-state index contributed by atoms with van der Waals surface area (Å²) in [5.41, 5.74) is 4.13. The molecule has 0 amide bonds. The van der Waals surface area contributed by atoms with Crippen LogP contribution < -0.4 is 9.75 Å². The molecule has 1 saturated heterocycles. The Morgan fingerprint density at radius 1 is 0.853 bits per heavy atom. The molecule has 2 aromatic carbocycles. The minimum Gasteiger partial charge on any atom is -0.393 e. The number of nitrogens with zero attached hydrogens (tertiary/aromatic N) is 3. The maximum atomic E-state index is 2.89. The van der Waals surface area contributed by atoms with E-state index in [0.717, 1.165) is 0 Å². The third-order valence-electron chi connectivity index (χ3n) is 7.86. The van der Waals surface area contributed by atoms with E-state index in [4.69, 9.17) is 0 Å². The number of anilines is 1. The topological polar surface area (TPSA) is 9.72 Å². The Hall–Kier alpha value is -1.56. The molecule has 0 aromatic heterocycles. The van der Waals surface area contributed by atoms with E-state index in [2.05, 4.69) is 145 Å². The summed E-state index contributed by atoms with van der Waals surface area (Å²) in [6.45, 7) is 29.1. The lowest BCUT2D eigenvalue weighted by Gasteiger charge is -2.69. The van der Waals surface area contributed by atoms with E-state index < -0.39 is 8.24 Å². The first-order valence-corrected chi connectivity index (χ1v) is 16.1. The first-order chi connectivity index (χ1) is 15.7. The van der Waals surface area contributed by atoms with Gasteiger partial charge in [-0.05, 0) is 87.4 Å². The lowest BCUT2D eigenvalue weighted by molar-refractivity contribution is 0.0776. The van der Waals surface area contributed by atoms with Gasteiger partial charge in [0.2, 0.25) is 0 Å². The molecule has 186 valence electrons. The van der Waals surface area contributed by atoms with Crippen LogP contribution in [-0.4, -0.2) is 54.4 Å².